The van der Waals surface area contributed by atoms with Gasteiger partial charge in [0.1, 0.15) is 5.75 Å². The largest absolute Gasteiger partial charge is 0.508 e. The number of aromatic hydroxyl groups is 1. The second kappa shape index (κ2) is 7.87. The number of benzene rings is 1. The van der Waals surface area contributed by atoms with E-state index in [9.17, 15) is 24.8 Å². The van der Waals surface area contributed by atoms with Gasteiger partial charge in [-0.3, -0.25) is 14.5 Å². The molecule has 0 spiro atoms. The van der Waals surface area contributed by atoms with Crippen LogP contribution in [0, 0.1) is 17.8 Å². The van der Waals surface area contributed by atoms with E-state index in [0.717, 1.165) is 4.47 Å². The van der Waals surface area contributed by atoms with Crippen molar-refractivity contribution in [2.45, 2.75) is 32.3 Å². The van der Waals surface area contributed by atoms with E-state index in [-0.39, 0.29) is 30.6 Å². The first-order valence-corrected chi connectivity index (χ1v) is 10.7. The zero-order chi connectivity index (χ0) is 20.9. The number of phenols is 1. The molecule has 1 aromatic carbocycles. The Morgan fingerprint density at radius 3 is 2.72 bits per heavy atom. The molecule has 1 aromatic rings. The molecule has 2 aliphatic heterocycles. The van der Waals surface area contributed by atoms with E-state index in [0.29, 0.717) is 36.0 Å². The van der Waals surface area contributed by atoms with Gasteiger partial charge in [-0.25, -0.2) is 0 Å². The third kappa shape index (κ3) is 3.34. The molecule has 3 N–H and O–H groups in total. The fourth-order valence-corrected chi connectivity index (χ4v) is 5.43. The average molecular weight is 464 g/mol. The quantitative estimate of drug-likeness (QED) is 0.465. The smallest absolute Gasteiger partial charge is 0.487 e. The molecule has 0 bridgehead atoms. The summed E-state index contributed by atoms with van der Waals surface area (Å²) in [6, 6.07) is 4.96. The van der Waals surface area contributed by atoms with Crippen molar-refractivity contribution in [2.75, 3.05) is 13.2 Å². The summed E-state index contributed by atoms with van der Waals surface area (Å²) in [7, 11) is -1.30. The molecule has 0 radical (unpaired) electrons. The van der Waals surface area contributed by atoms with Gasteiger partial charge in [-0.1, -0.05) is 22.9 Å². The van der Waals surface area contributed by atoms with Crippen LogP contribution in [0.15, 0.2) is 33.7 Å². The molecule has 0 unspecified atom stereocenters. The first-order valence-electron chi connectivity index (χ1n) is 9.87. The van der Waals surface area contributed by atoms with E-state index in [1.165, 1.54) is 11.0 Å². The normalized spacial score (nSPS) is 29.4. The van der Waals surface area contributed by atoms with Gasteiger partial charge in [-0.15, -0.1) is 0 Å². The predicted octanol–water partition coefficient (Wildman–Crippen LogP) is 1.96. The SMILES string of the molecule is CCCN1C(=O)[C@H]2[C@H](CC(CO)=C3B(O)O[C@H](c4cc(Br)ccc4O)C[C@H]32)C1=O. The van der Waals surface area contributed by atoms with E-state index in [4.69, 9.17) is 4.65 Å². The number of rotatable bonds is 4. The molecule has 29 heavy (non-hydrogen) atoms. The highest BCUT2D eigenvalue weighted by atomic mass is 79.9. The number of carbonyl (C=O) groups is 2. The number of aliphatic hydroxyl groups is 1. The summed E-state index contributed by atoms with van der Waals surface area (Å²) < 4.78 is 6.54. The summed E-state index contributed by atoms with van der Waals surface area (Å²) in [6.45, 7) is 1.99. The molecule has 3 aliphatic rings. The van der Waals surface area contributed by atoms with Gasteiger partial charge < -0.3 is 19.9 Å². The van der Waals surface area contributed by atoms with Crippen LogP contribution in [0.5, 0.6) is 5.75 Å². The fraction of sp³-hybridized carbons (Fsp3) is 0.500. The maximum Gasteiger partial charge on any atom is 0.487 e. The lowest BCUT2D eigenvalue weighted by Crippen LogP contribution is -2.45. The third-order valence-corrected chi connectivity index (χ3v) is 6.77. The second-order valence-corrected chi connectivity index (χ2v) is 8.82. The molecule has 4 rings (SSSR count). The molecule has 0 saturated carbocycles. The van der Waals surface area contributed by atoms with Crippen LogP contribution in [0.2, 0.25) is 0 Å². The Morgan fingerprint density at radius 2 is 2.03 bits per heavy atom. The van der Waals surface area contributed by atoms with Gasteiger partial charge in [0, 0.05) is 16.6 Å². The minimum Gasteiger partial charge on any atom is -0.508 e. The maximum absolute atomic E-state index is 13.1. The van der Waals surface area contributed by atoms with E-state index in [1.54, 1.807) is 12.1 Å². The number of allylic oxidation sites excluding steroid dienone is 1. The Kier molecular flexibility index (Phi) is 5.59. The molecule has 2 amide bonds. The molecule has 154 valence electrons. The number of hydrogen-bond acceptors (Lipinski definition) is 6. The van der Waals surface area contributed by atoms with E-state index < -0.39 is 31.0 Å². The van der Waals surface area contributed by atoms with Crippen molar-refractivity contribution < 1.29 is 29.5 Å². The number of aliphatic hydroxyl groups excluding tert-OH is 1. The number of fused-ring (bicyclic) bond motifs is 3. The molecular weight excluding hydrogens is 441 g/mol. The van der Waals surface area contributed by atoms with Crippen LogP contribution in [0.25, 0.3) is 0 Å². The summed E-state index contributed by atoms with van der Waals surface area (Å²) in [4.78, 5) is 27.3. The minimum atomic E-state index is -1.30. The van der Waals surface area contributed by atoms with Crippen molar-refractivity contribution in [3.8, 4) is 5.75 Å². The number of likely N-dealkylation sites (tertiary alicyclic amines) is 1. The number of amides is 2. The second-order valence-electron chi connectivity index (χ2n) is 7.90. The molecule has 2 saturated heterocycles. The molecule has 4 atom stereocenters. The lowest BCUT2D eigenvalue weighted by atomic mass is 9.55. The van der Waals surface area contributed by atoms with Crippen molar-refractivity contribution >= 4 is 34.9 Å². The first-order chi connectivity index (χ1) is 13.9. The number of imide groups is 1. The van der Waals surface area contributed by atoms with Gasteiger partial charge in [0.05, 0.1) is 24.5 Å². The van der Waals surface area contributed by atoms with Crippen LogP contribution in [-0.2, 0) is 14.2 Å². The minimum absolute atomic E-state index is 0.0361. The Bertz CT molecular complexity index is 890. The van der Waals surface area contributed by atoms with E-state index in [1.807, 2.05) is 6.92 Å². The highest BCUT2D eigenvalue weighted by Gasteiger charge is 2.57. The highest BCUT2D eigenvalue weighted by molar-refractivity contribution is 9.10. The van der Waals surface area contributed by atoms with Crippen molar-refractivity contribution in [1.29, 1.82) is 0 Å². The molecule has 9 heteroatoms. The summed E-state index contributed by atoms with van der Waals surface area (Å²) in [5.41, 5.74) is 1.59. The van der Waals surface area contributed by atoms with Crippen molar-refractivity contribution in [3.63, 3.8) is 0 Å². The first kappa shape index (κ1) is 20.6. The van der Waals surface area contributed by atoms with E-state index >= 15 is 0 Å². The summed E-state index contributed by atoms with van der Waals surface area (Å²) in [5.74, 6) is -1.90. The van der Waals surface area contributed by atoms with Gasteiger partial charge in [0.15, 0.2) is 0 Å². The number of carbonyl (C=O) groups excluding carboxylic acids is 2. The Balaban J connectivity index is 1.74. The molecule has 2 heterocycles. The standard InChI is InChI=1S/C20H23BBrNO6/c1-2-5-23-19(26)14-6-10(9-24)18-13(17(14)20(23)27)8-16(29-21(18)28)12-7-11(22)3-4-15(12)25/h3-4,7,13-14,16-17,24-25,28H,2,5-6,8-9H2,1H3/t13-,14-,16-,17+/m0/s1. The van der Waals surface area contributed by atoms with Gasteiger partial charge >= 0.3 is 7.12 Å². The van der Waals surface area contributed by atoms with Gasteiger partial charge in [0.2, 0.25) is 11.8 Å². The van der Waals surface area contributed by atoms with Crippen molar-refractivity contribution in [2.24, 2.45) is 17.8 Å². The van der Waals surface area contributed by atoms with Crippen LogP contribution < -0.4 is 0 Å². The fourth-order valence-electron chi connectivity index (χ4n) is 5.05. The summed E-state index contributed by atoms with van der Waals surface area (Å²) in [6.07, 6.45) is 0.623. The Hall–Kier alpha value is -1.68. The van der Waals surface area contributed by atoms with Gasteiger partial charge in [0.25, 0.3) is 0 Å². The Morgan fingerprint density at radius 1 is 1.28 bits per heavy atom. The highest BCUT2D eigenvalue weighted by Crippen LogP contribution is 2.52. The zero-order valence-electron chi connectivity index (χ0n) is 16.0. The number of hydrogen-bond donors (Lipinski definition) is 3. The van der Waals surface area contributed by atoms with Crippen LogP contribution >= 0.6 is 15.9 Å². The van der Waals surface area contributed by atoms with Crippen molar-refractivity contribution in [1.82, 2.24) is 4.90 Å². The number of phenolic OH excluding ortho intramolecular Hbond substituents is 1. The molecule has 7 nitrogen and oxygen atoms in total. The number of nitrogens with zero attached hydrogens (tertiary/aromatic N) is 1. The van der Waals surface area contributed by atoms with E-state index in [2.05, 4.69) is 15.9 Å². The summed E-state index contributed by atoms with van der Waals surface area (Å²) in [5, 5.41) is 30.9. The van der Waals surface area contributed by atoms with Gasteiger partial charge in [-0.05, 0) is 54.4 Å². The molecule has 1 aliphatic carbocycles. The van der Waals surface area contributed by atoms with Crippen LogP contribution in [0.1, 0.15) is 37.9 Å². The van der Waals surface area contributed by atoms with Crippen LogP contribution in [0.3, 0.4) is 0 Å². The lowest BCUT2D eigenvalue weighted by Gasteiger charge is -2.42. The summed E-state index contributed by atoms with van der Waals surface area (Å²) >= 11 is 3.38. The zero-order valence-corrected chi connectivity index (χ0v) is 17.6. The Labute approximate surface area is 177 Å². The third-order valence-electron chi connectivity index (χ3n) is 6.28. The number of halogens is 1. The maximum atomic E-state index is 13.1. The molecule has 2 fully saturated rings. The monoisotopic (exact) mass is 463 g/mol. The van der Waals surface area contributed by atoms with Gasteiger partial charge in [-0.2, -0.15) is 0 Å². The van der Waals surface area contributed by atoms with Crippen LogP contribution in [0.4, 0.5) is 0 Å². The molecule has 0 aromatic heterocycles. The topological polar surface area (TPSA) is 107 Å². The predicted molar refractivity (Wildman–Crippen MR) is 108 cm³/mol. The average Bonchev–Trinajstić information content (AvgIpc) is 2.94. The van der Waals surface area contributed by atoms with Crippen LogP contribution in [-0.4, -0.2) is 52.2 Å². The lowest BCUT2D eigenvalue weighted by molar-refractivity contribution is -0.140. The molecular formula is C20H23BBrNO6. The van der Waals surface area contributed by atoms with Crippen molar-refractivity contribution in [3.05, 3.63) is 39.3 Å².